The summed E-state index contributed by atoms with van der Waals surface area (Å²) in [7, 11) is 0. The molecule has 0 unspecified atom stereocenters. The van der Waals surface area contributed by atoms with Crippen molar-refractivity contribution in [2.75, 3.05) is 0 Å². The highest BCUT2D eigenvalue weighted by Gasteiger charge is 2.05. The van der Waals surface area contributed by atoms with Gasteiger partial charge in [0.05, 0.1) is 0 Å². The van der Waals surface area contributed by atoms with Crippen molar-refractivity contribution < 1.29 is 4.84 Å². The Morgan fingerprint density at radius 1 is 1.00 bits per heavy atom. The van der Waals surface area contributed by atoms with Gasteiger partial charge in [0.2, 0.25) is 5.65 Å². The van der Waals surface area contributed by atoms with Crippen molar-refractivity contribution in [3.8, 4) is 5.75 Å². The first kappa shape index (κ1) is 8.84. The lowest BCUT2D eigenvalue weighted by Crippen LogP contribution is -2.07. The molecule has 0 fully saturated rings. The Balaban J connectivity index is 2.01. The SMILES string of the molecule is c1ccc(On2nnc3cccnc32)cc1. The second-order valence-corrected chi connectivity index (χ2v) is 3.21. The van der Waals surface area contributed by atoms with Crippen molar-refractivity contribution in [3.63, 3.8) is 0 Å². The summed E-state index contributed by atoms with van der Waals surface area (Å²) in [5, 5.41) is 7.81. The van der Waals surface area contributed by atoms with Crippen molar-refractivity contribution in [1.29, 1.82) is 0 Å². The summed E-state index contributed by atoms with van der Waals surface area (Å²) in [4.78, 5) is 11.0. The summed E-state index contributed by atoms with van der Waals surface area (Å²) in [6.45, 7) is 0. The van der Waals surface area contributed by atoms with E-state index in [4.69, 9.17) is 4.84 Å². The van der Waals surface area contributed by atoms with Gasteiger partial charge in [-0.05, 0) is 29.5 Å². The predicted octanol–water partition coefficient (Wildman–Crippen LogP) is 1.67. The van der Waals surface area contributed by atoms with Crippen LogP contribution in [0.5, 0.6) is 5.75 Å². The zero-order valence-electron chi connectivity index (χ0n) is 8.32. The van der Waals surface area contributed by atoms with Crippen molar-refractivity contribution >= 4 is 11.2 Å². The van der Waals surface area contributed by atoms with Crippen LogP contribution in [0.15, 0.2) is 48.7 Å². The molecule has 0 bridgehead atoms. The number of para-hydroxylation sites is 1. The molecule has 3 rings (SSSR count). The topological polar surface area (TPSA) is 52.8 Å². The van der Waals surface area contributed by atoms with Gasteiger partial charge >= 0.3 is 0 Å². The van der Waals surface area contributed by atoms with Crippen molar-refractivity contribution in [3.05, 3.63) is 48.7 Å². The number of fused-ring (bicyclic) bond motifs is 1. The lowest BCUT2D eigenvalue weighted by Gasteiger charge is -2.02. The van der Waals surface area contributed by atoms with E-state index in [-0.39, 0.29) is 0 Å². The molecule has 0 spiro atoms. The third-order valence-corrected chi connectivity index (χ3v) is 2.12. The van der Waals surface area contributed by atoms with E-state index in [9.17, 15) is 0 Å². The standard InChI is InChI=1S/C11H8N4O/c1-2-5-9(6-3-1)16-15-11-10(13-14-15)7-4-8-12-11/h1-8H. The molecule has 0 aliphatic carbocycles. The summed E-state index contributed by atoms with van der Waals surface area (Å²) in [5.74, 6) is 0.694. The van der Waals surface area contributed by atoms with Crippen LogP contribution in [0.2, 0.25) is 0 Å². The van der Waals surface area contributed by atoms with Crippen molar-refractivity contribution in [2.24, 2.45) is 0 Å². The Hall–Kier alpha value is -2.43. The Morgan fingerprint density at radius 3 is 2.75 bits per heavy atom. The number of hydrogen-bond acceptors (Lipinski definition) is 4. The van der Waals surface area contributed by atoms with Gasteiger partial charge in [-0.2, -0.15) is 0 Å². The van der Waals surface area contributed by atoms with Crippen LogP contribution >= 0.6 is 0 Å². The Morgan fingerprint density at radius 2 is 1.88 bits per heavy atom. The predicted molar refractivity (Wildman–Crippen MR) is 57.8 cm³/mol. The van der Waals surface area contributed by atoms with Crippen LogP contribution in [-0.4, -0.2) is 20.1 Å². The zero-order valence-corrected chi connectivity index (χ0v) is 8.32. The molecule has 5 heteroatoms. The molecule has 0 aliphatic heterocycles. The van der Waals surface area contributed by atoms with Gasteiger partial charge in [-0.3, -0.25) is 0 Å². The Kier molecular flexibility index (Phi) is 2.00. The molecule has 3 aromatic rings. The maximum atomic E-state index is 5.51. The minimum absolute atomic E-state index is 0.603. The number of pyridine rings is 1. The lowest BCUT2D eigenvalue weighted by molar-refractivity contribution is 0.182. The van der Waals surface area contributed by atoms with Gasteiger partial charge in [0, 0.05) is 6.20 Å². The van der Waals surface area contributed by atoms with Gasteiger partial charge in [-0.1, -0.05) is 23.0 Å². The molecular weight excluding hydrogens is 204 g/mol. The molecule has 0 N–H and O–H groups in total. The van der Waals surface area contributed by atoms with E-state index in [1.54, 1.807) is 6.20 Å². The van der Waals surface area contributed by atoms with E-state index in [0.29, 0.717) is 16.9 Å². The largest absolute Gasteiger partial charge is 0.354 e. The van der Waals surface area contributed by atoms with E-state index in [1.165, 1.54) is 4.85 Å². The van der Waals surface area contributed by atoms with E-state index in [1.807, 2.05) is 42.5 Å². The Bertz CT molecular complexity index is 605. The molecule has 78 valence electrons. The van der Waals surface area contributed by atoms with E-state index < -0.39 is 0 Å². The van der Waals surface area contributed by atoms with E-state index in [0.717, 1.165) is 0 Å². The van der Waals surface area contributed by atoms with E-state index in [2.05, 4.69) is 15.3 Å². The number of aromatic nitrogens is 4. The molecule has 5 nitrogen and oxygen atoms in total. The van der Waals surface area contributed by atoms with Crippen LogP contribution in [0.1, 0.15) is 0 Å². The van der Waals surface area contributed by atoms with Gasteiger partial charge in [-0.25, -0.2) is 4.98 Å². The minimum Gasteiger partial charge on any atom is -0.354 e. The zero-order chi connectivity index (χ0) is 10.8. The molecule has 16 heavy (non-hydrogen) atoms. The van der Waals surface area contributed by atoms with Gasteiger partial charge in [-0.15, -0.1) is 5.10 Å². The van der Waals surface area contributed by atoms with Crippen molar-refractivity contribution in [1.82, 2.24) is 20.1 Å². The summed E-state index contributed by atoms with van der Waals surface area (Å²) in [6, 6.07) is 13.0. The first-order valence-corrected chi connectivity index (χ1v) is 4.83. The molecular formula is C11H8N4O. The van der Waals surface area contributed by atoms with Crippen LogP contribution < -0.4 is 4.84 Å². The summed E-state index contributed by atoms with van der Waals surface area (Å²) in [5.41, 5.74) is 1.31. The molecule has 0 saturated carbocycles. The maximum Gasteiger partial charge on any atom is 0.220 e. The first-order chi connectivity index (χ1) is 7.93. The average Bonchev–Trinajstić information content (AvgIpc) is 2.74. The van der Waals surface area contributed by atoms with Crippen molar-refractivity contribution in [2.45, 2.75) is 0 Å². The van der Waals surface area contributed by atoms with Crippen LogP contribution in [-0.2, 0) is 0 Å². The molecule has 0 amide bonds. The van der Waals surface area contributed by atoms with E-state index >= 15 is 0 Å². The molecule has 0 atom stereocenters. The molecule has 0 aliphatic rings. The highest BCUT2D eigenvalue weighted by Crippen LogP contribution is 2.12. The smallest absolute Gasteiger partial charge is 0.220 e. The number of rotatable bonds is 2. The second-order valence-electron chi connectivity index (χ2n) is 3.21. The number of nitrogens with zero attached hydrogens (tertiary/aromatic N) is 4. The fourth-order valence-corrected chi connectivity index (χ4v) is 1.39. The highest BCUT2D eigenvalue weighted by atomic mass is 16.7. The number of benzene rings is 1. The molecule has 0 saturated heterocycles. The van der Waals surface area contributed by atoms with Gasteiger partial charge in [0.15, 0.2) is 5.75 Å². The maximum absolute atomic E-state index is 5.51. The lowest BCUT2D eigenvalue weighted by atomic mass is 10.3. The Labute approximate surface area is 91.3 Å². The fourth-order valence-electron chi connectivity index (χ4n) is 1.39. The third-order valence-electron chi connectivity index (χ3n) is 2.12. The van der Waals surface area contributed by atoms with Gasteiger partial charge in [0.1, 0.15) is 5.52 Å². The average molecular weight is 212 g/mol. The normalized spacial score (nSPS) is 10.5. The highest BCUT2D eigenvalue weighted by molar-refractivity contribution is 5.68. The minimum atomic E-state index is 0.603. The number of hydrogen-bond donors (Lipinski definition) is 0. The van der Waals surface area contributed by atoms with Gasteiger partial charge < -0.3 is 4.84 Å². The van der Waals surface area contributed by atoms with Crippen LogP contribution in [0.3, 0.4) is 0 Å². The fraction of sp³-hybridized carbons (Fsp3) is 0. The molecule has 1 aromatic carbocycles. The summed E-state index contributed by atoms with van der Waals surface area (Å²) < 4.78 is 0. The van der Waals surface area contributed by atoms with Crippen LogP contribution in [0.25, 0.3) is 11.2 Å². The van der Waals surface area contributed by atoms with Gasteiger partial charge in [0.25, 0.3) is 0 Å². The summed E-state index contributed by atoms with van der Waals surface area (Å²) in [6.07, 6.45) is 1.68. The quantitative estimate of drug-likeness (QED) is 0.648. The molecule has 2 aromatic heterocycles. The van der Waals surface area contributed by atoms with Crippen LogP contribution in [0.4, 0.5) is 0 Å². The first-order valence-electron chi connectivity index (χ1n) is 4.83. The molecule has 0 radical (unpaired) electrons. The second kappa shape index (κ2) is 3.62. The third kappa shape index (κ3) is 1.48. The molecule has 2 heterocycles. The van der Waals surface area contributed by atoms with Crippen LogP contribution in [0, 0.1) is 0 Å². The summed E-state index contributed by atoms with van der Waals surface area (Å²) >= 11 is 0. The monoisotopic (exact) mass is 212 g/mol.